The van der Waals surface area contributed by atoms with E-state index in [0.29, 0.717) is 5.02 Å². The van der Waals surface area contributed by atoms with E-state index >= 15 is 0 Å². The van der Waals surface area contributed by atoms with Gasteiger partial charge in [0.1, 0.15) is 6.54 Å². The van der Waals surface area contributed by atoms with Crippen LogP contribution in [-0.2, 0) is 19.6 Å². The second-order valence-electron chi connectivity index (χ2n) is 5.78. The Kier molecular flexibility index (Phi) is 7.19. The van der Waals surface area contributed by atoms with Crippen molar-refractivity contribution in [1.82, 2.24) is 9.21 Å². The Hall–Kier alpha value is -1.64. The molecule has 9 heteroatoms. The lowest BCUT2D eigenvalue weighted by Crippen LogP contribution is -2.44. The smallest absolute Gasteiger partial charge is 0.323 e. The molecule has 0 aromatic heterocycles. The molecular weight excluding hydrogens is 356 g/mol. The molecule has 0 saturated heterocycles. The number of carbonyl (C=O) groups is 2. The van der Waals surface area contributed by atoms with E-state index in [1.807, 2.05) is 13.8 Å². The summed E-state index contributed by atoms with van der Waals surface area (Å²) in [6.07, 6.45) is 0. The summed E-state index contributed by atoms with van der Waals surface area (Å²) in [7, 11) is -2.59. The predicted octanol–water partition coefficient (Wildman–Crippen LogP) is 1.53. The van der Waals surface area contributed by atoms with E-state index < -0.39 is 35.0 Å². The Morgan fingerprint density at radius 3 is 2.17 bits per heavy atom. The third-order valence-corrected chi connectivity index (χ3v) is 5.21. The number of benzene rings is 1. The normalized spacial score (nSPS) is 11.8. The molecule has 0 heterocycles. The molecule has 0 radical (unpaired) electrons. The van der Waals surface area contributed by atoms with Crippen LogP contribution in [0.2, 0.25) is 5.02 Å². The van der Waals surface area contributed by atoms with Crippen molar-refractivity contribution in [3.8, 4) is 0 Å². The number of carboxylic acids is 1. The number of rotatable bonds is 8. The fraction of sp³-hybridized carbons (Fsp3) is 0.467. The molecule has 1 aromatic carbocycles. The van der Waals surface area contributed by atoms with E-state index in [0.717, 1.165) is 9.21 Å². The van der Waals surface area contributed by atoms with Crippen molar-refractivity contribution >= 4 is 33.5 Å². The van der Waals surface area contributed by atoms with Crippen LogP contribution < -0.4 is 0 Å². The minimum atomic E-state index is -3.86. The van der Waals surface area contributed by atoms with Crippen molar-refractivity contribution in [3.05, 3.63) is 29.3 Å². The molecule has 1 aromatic rings. The molecule has 1 rings (SSSR count). The zero-order chi connectivity index (χ0) is 18.5. The van der Waals surface area contributed by atoms with Crippen molar-refractivity contribution < 1.29 is 23.1 Å². The minimum Gasteiger partial charge on any atom is -0.480 e. The summed E-state index contributed by atoms with van der Waals surface area (Å²) in [5.41, 5.74) is 0. The molecule has 0 aliphatic carbocycles. The van der Waals surface area contributed by atoms with Gasteiger partial charge in [-0.1, -0.05) is 25.4 Å². The average molecular weight is 377 g/mol. The SMILES string of the molecule is CC(C)CN(CC(=O)O)C(=O)CN(C)S(=O)(=O)c1ccc(Cl)cc1. The third-order valence-electron chi connectivity index (χ3n) is 3.14. The number of amides is 1. The first-order valence-corrected chi connectivity index (χ1v) is 9.07. The topological polar surface area (TPSA) is 95.0 Å². The van der Waals surface area contributed by atoms with Crippen molar-refractivity contribution in [2.75, 3.05) is 26.7 Å². The number of carboxylic acid groups (broad SMARTS) is 1. The highest BCUT2D eigenvalue weighted by molar-refractivity contribution is 7.89. The first-order chi connectivity index (χ1) is 11.0. The van der Waals surface area contributed by atoms with E-state index in [4.69, 9.17) is 16.7 Å². The van der Waals surface area contributed by atoms with Gasteiger partial charge >= 0.3 is 5.97 Å². The number of hydrogen-bond donors (Lipinski definition) is 1. The number of carbonyl (C=O) groups excluding carboxylic acids is 1. The fourth-order valence-corrected chi connectivity index (χ4v) is 3.27. The molecule has 0 fully saturated rings. The predicted molar refractivity (Wildman–Crippen MR) is 90.3 cm³/mol. The number of aliphatic carboxylic acids is 1. The third kappa shape index (κ3) is 5.77. The Morgan fingerprint density at radius 1 is 1.17 bits per heavy atom. The van der Waals surface area contributed by atoms with E-state index in [-0.39, 0.29) is 17.4 Å². The molecule has 7 nitrogen and oxygen atoms in total. The van der Waals surface area contributed by atoms with Crippen LogP contribution in [0.15, 0.2) is 29.2 Å². The standard InChI is InChI=1S/C15H21ClN2O5S/c1-11(2)8-18(10-15(20)21)14(19)9-17(3)24(22,23)13-6-4-12(16)5-7-13/h4-7,11H,8-10H2,1-3H3,(H,20,21). The summed E-state index contributed by atoms with van der Waals surface area (Å²) >= 11 is 5.74. The maximum atomic E-state index is 12.4. The summed E-state index contributed by atoms with van der Waals surface area (Å²) in [4.78, 5) is 24.3. The van der Waals surface area contributed by atoms with Crippen molar-refractivity contribution in [3.63, 3.8) is 0 Å². The van der Waals surface area contributed by atoms with Crippen molar-refractivity contribution in [2.24, 2.45) is 5.92 Å². The fourth-order valence-electron chi connectivity index (χ4n) is 2.02. The largest absolute Gasteiger partial charge is 0.480 e. The highest BCUT2D eigenvalue weighted by Crippen LogP contribution is 2.17. The summed E-state index contributed by atoms with van der Waals surface area (Å²) in [6, 6.07) is 5.59. The van der Waals surface area contributed by atoms with Crippen molar-refractivity contribution in [2.45, 2.75) is 18.7 Å². The molecular formula is C15H21ClN2O5S. The zero-order valence-corrected chi connectivity index (χ0v) is 15.3. The lowest BCUT2D eigenvalue weighted by atomic mass is 10.2. The monoisotopic (exact) mass is 376 g/mol. The number of nitrogens with zero attached hydrogens (tertiary/aromatic N) is 2. The molecule has 24 heavy (non-hydrogen) atoms. The van der Waals surface area contributed by atoms with Crippen LogP contribution in [0, 0.1) is 5.92 Å². The summed E-state index contributed by atoms with van der Waals surface area (Å²) in [6.45, 7) is 3.02. The Bertz CT molecular complexity index is 688. The van der Waals surface area contributed by atoms with Gasteiger partial charge in [0, 0.05) is 18.6 Å². The van der Waals surface area contributed by atoms with E-state index in [1.165, 1.54) is 31.3 Å². The van der Waals surface area contributed by atoms with Gasteiger partial charge in [0.2, 0.25) is 15.9 Å². The first-order valence-electron chi connectivity index (χ1n) is 7.25. The second kappa shape index (κ2) is 8.46. The Labute approximate surface area is 146 Å². The van der Waals surface area contributed by atoms with Gasteiger partial charge in [-0.05, 0) is 30.2 Å². The van der Waals surface area contributed by atoms with Crippen LogP contribution in [-0.4, -0.2) is 61.3 Å². The number of hydrogen-bond acceptors (Lipinski definition) is 4. The van der Waals surface area contributed by atoms with Gasteiger partial charge in [0.25, 0.3) is 0 Å². The summed E-state index contributed by atoms with van der Waals surface area (Å²) < 4.78 is 25.8. The van der Waals surface area contributed by atoms with Crippen molar-refractivity contribution in [1.29, 1.82) is 0 Å². The van der Waals surface area contributed by atoms with Gasteiger partial charge in [0.15, 0.2) is 0 Å². The zero-order valence-electron chi connectivity index (χ0n) is 13.8. The van der Waals surface area contributed by atoms with Crippen LogP contribution in [0.5, 0.6) is 0 Å². The van der Waals surface area contributed by atoms with Gasteiger partial charge in [-0.3, -0.25) is 9.59 Å². The second-order valence-corrected chi connectivity index (χ2v) is 8.26. The van der Waals surface area contributed by atoms with E-state index in [1.54, 1.807) is 0 Å². The van der Waals surface area contributed by atoms with Gasteiger partial charge in [-0.25, -0.2) is 8.42 Å². The molecule has 134 valence electrons. The van der Waals surface area contributed by atoms with E-state index in [9.17, 15) is 18.0 Å². The number of halogens is 1. The quantitative estimate of drug-likeness (QED) is 0.742. The van der Waals surface area contributed by atoms with E-state index in [2.05, 4.69) is 0 Å². The maximum absolute atomic E-state index is 12.4. The first kappa shape index (κ1) is 20.4. The highest BCUT2D eigenvalue weighted by atomic mass is 35.5. The summed E-state index contributed by atoms with van der Waals surface area (Å²) in [5.74, 6) is -1.65. The molecule has 1 N–H and O–H groups in total. The lowest BCUT2D eigenvalue weighted by Gasteiger charge is -2.25. The van der Waals surface area contributed by atoms with Gasteiger partial charge in [0.05, 0.1) is 11.4 Å². The lowest BCUT2D eigenvalue weighted by molar-refractivity contribution is -0.144. The van der Waals surface area contributed by atoms with Gasteiger partial charge in [-0.15, -0.1) is 0 Å². The number of sulfonamides is 1. The maximum Gasteiger partial charge on any atom is 0.323 e. The van der Waals surface area contributed by atoms with Crippen LogP contribution in [0.1, 0.15) is 13.8 Å². The molecule has 1 amide bonds. The van der Waals surface area contributed by atoms with Crippen LogP contribution >= 0.6 is 11.6 Å². The van der Waals surface area contributed by atoms with Gasteiger partial charge in [-0.2, -0.15) is 4.31 Å². The van der Waals surface area contributed by atoms with Crippen LogP contribution in [0.4, 0.5) is 0 Å². The minimum absolute atomic E-state index is 0.0100. The Morgan fingerprint density at radius 2 is 1.71 bits per heavy atom. The molecule has 0 unspecified atom stereocenters. The molecule has 0 aliphatic heterocycles. The molecule has 0 bridgehead atoms. The average Bonchev–Trinajstić information content (AvgIpc) is 2.45. The molecule has 0 spiro atoms. The van der Waals surface area contributed by atoms with Gasteiger partial charge < -0.3 is 10.0 Å². The number of likely N-dealkylation sites (N-methyl/N-ethyl adjacent to an activating group) is 1. The summed E-state index contributed by atoms with van der Waals surface area (Å²) in [5, 5.41) is 9.31. The van der Waals surface area contributed by atoms with Crippen LogP contribution in [0.3, 0.4) is 0 Å². The molecule has 0 atom stereocenters. The molecule has 0 aliphatic rings. The van der Waals surface area contributed by atoms with Crippen LogP contribution in [0.25, 0.3) is 0 Å². The molecule has 0 saturated carbocycles. The Balaban J connectivity index is 2.90. The highest BCUT2D eigenvalue weighted by Gasteiger charge is 2.26.